The Morgan fingerprint density at radius 1 is 1.08 bits per heavy atom. The van der Waals surface area contributed by atoms with E-state index in [1.165, 1.54) is 0 Å². The maximum atomic E-state index is 12.6. The molecule has 0 aromatic heterocycles. The molecule has 25 heavy (non-hydrogen) atoms. The van der Waals surface area contributed by atoms with Crippen LogP contribution in [0.1, 0.15) is 22.6 Å². The van der Waals surface area contributed by atoms with Crippen molar-refractivity contribution in [3.05, 3.63) is 82.6 Å². The lowest BCUT2D eigenvalue weighted by Crippen LogP contribution is -2.25. The highest BCUT2D eigenvalue weighted by molar-refractivity contribution is 6.06. The lowest BCUT2D eigenvalue weighted by Gasteiger charge is -2.20. The van der Waals surface area contributed by atoms with E-state index in [9.17, 15) is 9.90 Å². The number of carbonyl (C=O) groups is 1. The molecule has 2 aromatic carbocycles. The second-order valence-corrected chi connectivity index (χ2v) is 6.53. The Balaban J connectivity index is 1.58. The number of hydrogen-bond donors (Lipinski definition) is 2. The minimum absolute atomic E-state index is 0.0112. The Morgan fingerprint density at radius 2 is 1.88 bits per heavy atom. The van der Waals surface area contributed by atoms with Crippen LogP contribution in [-0.4, -0.2) is 17.1 Å². The molecule has 4 rings (SSSR count). The minimum Gasteiger partial charge on any atom is -0.507 e. The fourth-order valence-electron chi connectivity index (χ4n) is 3.30. The van der Waals surface area contributed by atoms with Gasteiger partial charge in [0.05, 0.1) is 11.5 Å². The third-order valence-electron chi connectivity index (χ3n) is 4.85. The third kappa shape index (κ3) is 2.70. The van der Waals surface area contributed by atoms with Crippen LogP contribution in [0.4, 0.5) is 5.69 Å². The summed E-state index contributed by atoms with van der Waals surface area (Å²) in [5, 5.41) is 13.2. The topological polar surface area (TPSA) is 58.6 Å². The quantitative estimate of drug-likeness (QED) is 0.867. The lowest BCUT2D eigenvalue weighted by molar-refractivity contribution is -0.112. The van der Waals surface area contributed by atoms with Crippen LogP contribution in [0.2, 0.25) is 0 Å². The van der Waals surface area contributed by atoms with Gasteiger partial charge in [0.1, 0.15) is 17.6 Å². The van der Waals surface area contributed by atoms with Gasteiger partial charge in [0.2, 0.25) is 0 Å². The molecule has 1 aliphatic carbocycles. The maximum absolute atomic E-state index is 12.6. The number of para-hydroxylation sites is 1. The third-order valence-corrected chi connectivity index (χ3v) is 4.85. The molecular formula is C21H19NO3. The number of anilines is 1. The number of aliphatic hydroxyl groups excluding tert-OH is 1. The smallest absolute Gasteiger partial charge is 0.259 e. The Kier molecular flexibility index (Phi) is 3.61. The largest absolute Gasteiger partial charge is 0.507 e. The first-order valence-corrected chi connectivity index (χ1v) is 8.30. The second kappa shape index (κ2) is 5.81. The summed E-state index contributed by atoms with van der Waals surface area (Å²) in [6.07, 6.45) is 3.14. The number of fused-ring (bicyclic) bond motifs is 3. The Labute approximate surface area is 146 Å². The number of benzene rings is 2. The predicted octanol–water partition coefficient (Wildman–Crippen LogP) is 4.17. The van der Waals surface area contributed by atoms with Gasteiger partial charge in [-0.2, -0.15) is 0 Å². The van der Waals surface area contributed by atoms with E-state index in [0.29, 0.717) is 5.69 Å². The molecule has 126 valence electrons. The standard InChI is InChI=1S/C21H19NO3/c1-12-7-8-14(9-13(12)2)22-21(24)17-11-20-16(10-18(17)23)15-5-3-4-6-19(15)25-20/h3-11,16,20,23H,1-2H3,(H,22,24)/t16-,20-/m0/s1. The van der Waals surface area contributed by atoms with Crippen molar-refractivity contribution in [2.24, 2.45) is 0 Å². The van der Waals surface area contributed by atoms with Crippen molar-refractivity contribution in [1.29, 1.82) is 0 Å². The molecule has 0 spiro atoms. The van der Waals surface area contributed by atoms with Gasteiger partial charge in [0.25, 0.3) is 5.91 Å². The molecule has 0 saturated heterocycles. The number of amides is 1. The lowest BCUT2D eigenvalue weighted by atomic mass is 9.88. The van der Waals surface area contributed by atoms with Gasteiger partial charge in [-0.15, -0.1) is 0 Å². The summed E-state index contributed by atoms with van der Waals surface area (Å²) < 4.78 is 5.91. The minimum atomic E-state index is -0.338. The van der Waals surface area contributed by atoms with Gasteiger partial charge in [-0.3, -0.25) is 4.79 Å². The van der Waals surface area contributed by atoms with Gasteiger partial charge >= 0.3 is 0 Å². The maximum Gasteiger partial charge on any atom is 0.259 e. The molecule has 2 aromatic rings. The zero-order chi connectivity index (χ0) is 17.6. The van der Waals surface area contributed by atoms with E-state index in [1.807, 2.05) is 56.3 Å². The van der Waals surface area contributed by atoms with E-state index >= 15 is 0 Å². The van der Waals surface area contributed by atoms with E-state index in [0.717, 1.165) is 22.4 Å². The molecule has 0 radical (unpaired) electrons. The highest BCUT2D eigenvalue weighted by atomic mass is 16.5. The summed E-state index contributed by atoms with van der Waals surface area (Å²) in [6, 6.07) is 13.5. The SMILES string of the molecule is Cc1ccc(NC(=O)C2=C[C@@H]3Oc4ccccc4[C@@H]3C=C2O)cc1C. The number of rotatable bonds is 2. The van der Waals surface area contributed by atoms with Crippen LogP contribution in [0, 0.1) is 13.8 Å². The number of hydrogen-bond acceptors (Lipinski definition) is 3. The van der Waals surface area contributed by atoms with Crippen molar-refractivity contribution in [2.75, 3.05) is 5.32 Å². The summed E-state index contributed by atoms with van der Waals surface area (Å²) in [4.78, 5) is 12.6. The summed E-state index contributed by atoms with van der Waals surface area (Å²) in [5.74, 6) is 0.390. The first-order chi connectivity index (χ1) is 12.0. The van der Waals surface area contributed by atoms with E-state index < -0.39 is 0 Å². The molecule has 0 fully saturated rings. The fraction of sp³-hybridized carbons (Fsp3) is 0.190. The van der Waals surface area contributed by atoms with Crippen molar-refractivity contribution in [3.8, 4) is 5.75 Å². The molecule has 1 amide bonds. The Bertz CT molecular complexity index is 926. The van der Waals surface area contributed by atoms with Crippen molar-refractivity contribution in [1.82, 2.24) is 0 Å². The van der Waals surface area contributed by atoms with Crippen molar-refractivity contribution >= 4 is 11.6 Å². The summed E-state index contributed by atoms with van der Waals surface area (Å²) in [7, 11) is 0. The number of carbonyl (C=O) groups excluding carboxylic acids is 1. The normalized spacial score (nSPS) is 20.7. The zero-order valence-corrected chi connectivity index (χ0v) is 14.1. The second-order valence-electron chi connectivity index (χ2n) is 6.53. The van der Waals surface area contributed by atoms with Crippen LogP contribution in [0.15, 0.2) is 65.9 Å². The number of nitrogens with one attached hydrogen (secondary N) is 1. The van der Waals surface area contributed by atoms with Gasteiger partial charge in [-0.25, -0.2) is 0 Å². The number of aryl methyl sites for hydroxylation is 2. The molecule has 1 heterocycles. The van der Waals surface area contributed by atoms with Crippen LogP contribution < -0.4 is 10.1 Å². The fourth-order valence-corrected chi connectivity index (χ4v) is 3.30. The van der Waals surface area contributed by atoms with Gasteiger partial charge in [-0.1, -0.05) is 24.3 Å². The van der Waals surface area contributed by atoms with Crippen molar-refractivity contribution in [3.63, 3.8) is 0 Å². The van der Waals surface area contributed by atoms with Crippen molar-refractivity contribution < 1.29 is 14.6 Å². The van der Waals surface area contributed by atoms with Gasteiger partial charge in [0, 0.05) is 11.3 Å². The van der Waals surface area contributed by atoms with Gasteiger partial charge < -0.3 is 15.2 Å². The molecule has 2 aliphatic rings. The zero-order valence-electron chi connectivity index (χ0n) is 14.1. The first-order valence-electron chi connectivity index (χ1n) is 8.30. The molecular weight excluding hydrogens is 314 g/mol. The van der Waals surface area contributed by atoms with Crippen molar-refractivity contribution in [2.45, 2.75) is 25.9 Å². The first kappa shape index (κ1) is 15.5. The van der Waals surface area contributed by atoms with Crippen LogP contribution in [0.5, 0.6) is 5.75 Å². The van der Waals surface area contributed by atoms with Crippen LogP contribution in [0.25, 0.3) is 0 Å². The van der Waals surface area contributed by atoms with E-state index in [-0.39, 0.29) is 29.3 Å². The highest BCUT2D eigenvalue weighted by Crippen LogP contribution is 2.42. The highest BCUT2D eigenvalue weighted by Gasteiger charge is 2.36. The average molecular weight is 333 g/mol. The van der Waals surface area contributed by atoms with Gasteiger partial charge in [-0.05, 0) is 55.3 Å². The molecule has 1 aliphatic heterocycles. The molecule has 2 N–H and O–H groups in total. The Hall–Kier alpha value is -3.01. The molecule has 2 atom stereocenters. The predicted molar refractivity (Wildman–Crippen MR) is 96.9 cm³/mol. The van der Waals surface area contributed by atoms with Crippen LogP contribution >= 0.6 is 0 Å². The monoisotopic (exact) mass is 333 g/mol. The van der Waals surface area contributed by atoms with Gasteiger partial charge in [0.15, 0.2) is 0 Å². The molecule has 4 heteroatoms. The van der Waals surface area contributed by atoms with E-state index in [1.54, 1.807) is 12.2 Å². The van der Waals surface area contributed by atoms with Crippen LogP contribution in [0.3, 0.4) is 0 Å². The van der Waals surface area contributed by atoms with E-state index in [4.69, 9.17) is 4.74 Å². The molecule has 4 nitrogen and oxygen atoms in total. The molecule has 0 saturated carbocycles. The average Bonchev–Trinajstić information content (AvgIpc) is 2.95. The summed E-state index contributed by atoms with van der Waals surface area (Å²) in [6.45, 7) is 4.02. The molecule has 0 unspecified atom stereocenters. The number of aliphatic hydroxyl groups is 1. The van der Waals surface area contributed by atoms with E-state index in [2.05, 4.69) is 5.32 Å². The number of ether oxygens (including phenoxy) is 1. The summed E-state index contributed by atoms with van der Waals surface area (Å²) in [5.41, 5.74) is 4.25. The molecule has 0 bridgehead atoms. The Morgan fingerprint density at radius 3 is 2.68 bits per heavy atom. The summed E-state index contributed by atoms with van der Waals surface area (Å²) >= 11 is 0. The van der Waals surface area contributed by atoms with Crippen LogP contribution in [-0.2, 0) is 4.79 Å².